The van der Waals surface area contributed by atoms with Crippen molar-refractivity contribution in [2.45, 2.75) is 151 Å². The van der Waals surface area contributed by atoms with Crippen LogP contribution in [0, 0.1) is 0 Å². The third-order valence-corrected chi connectivity index (χ3v) is 9.40. The van der Waals surface area contributed by atoms with Crippen molar-refractivity contribution in [3.05, 3.63) is 48.6 Å². The zero-order valence-electron chi connectivity index (χ0n) is 25.3. The lowest BCUT2D eigenvalue weighted by molar-refractivity contribution is -0.386. The maximum atomic E-state index is 13.0. The van der Waals surface area contributed by atoms with Gasteiger partial charge in [-0.25, -0.2) is 0 Å². The number of ketones is 2. The van der Waals surface area contributed by atoms with Crippen molar-refractivity contribution in [2.75, 3.05) is 0 Å². The Kier molecular flexibility index (Phi) is 10.0. The molecule has 0 saturated carbocycles. The molecule has 3 fully saturated rings. The number of ether oxygens (including phenoxy) is 4. The van der Waals surface area contributed by atoms with E-state index in [9.17, 15) is 14.4 Å². The molecule has 0 N–H and O–H groups in total. The molecule has 7 heteroatoms. The molecule has 0 aromatic carbocycles. The van der Waals surface area contributed by atoms with Gasteiger partial charge in [0.25, 0.3) is 0 Å². The Bertz CT molecular complexity index is 1020. The van der Waals surface area contributed by atoms with Gasteiger partial charge in [0.05, 0.1) is 0 Å². The molecule has 5 aliphatic rings. The first-order chi connectivity index (χ1) is 20.3. The molecule has 5 rings (SSSR count). The number of carbonyl (C=O) groups excluding carboxylic acids is 3. The van der Waals surface area contributed by atoms with Crippen LogP contribution in [0.25, 0.3) is 0 Å². The van der Waals surface area contributed by atoms with E-state index in [0.717, 1.165) is 19.3 Å². The van der Waals surface area contributed by atoms with Gasteiger partial charge in [0.2, 0.25) is 0 Å². The number of unbranched alkanes of at least 4 members (excludes halogenated alkanes) is 10. The maximum Gasteiger partial charge on any atom is 0.306 e. The van der Waals surface area contributed by atoms with Gasteiger partial charge in [-0.15, -0.1) is 0 Å². The molecule has 7 nitrogen and oxygen atoms in total. The molecule has 2 aliphatic carbocycles. The van der Waals surface area contributed by atoms with Gasteiger partial charge in [0.15, 0.2) is 23.1 Å². The predicted octanol–water partition coefficient (Wildman–Crippen LogP) is 7.29. The van der Waals surface area contributed by atoms with E-state index < -0.39 is 28.9 Å². The first kappa shape index (κ1) is 31.1. The van der Waals surface area contributed by atoms with Crippen LogP contribution in [-0.2, 0) is 33.3 Å². The fourth-order valence-electron chi connectivity index (χ4n) is 7.13. The monoisotopic (exact) mass is 580 g/mol. The molecule has 3 aliphatic heterocycles. The SMILES string of the molecule is CCCCCCCCCCCCCC(=O)OC1CC2(CCC3(C=CC(=O)C=C3)O2)O[C@@]2(CCC3(C=CC(=O)C=C3)O2)C1. The van der Waals surface area contributed by atoms with Gasteiger partial charge < -0.3 is 18.9 Å². The average molecular weight is 581 g/mol. The summed E-state index contributed by atoms with van der Waals surface area (Å²) in [5.41, 5.74) is -1.44. The Morgan fingerprint density at radius 2 is 1.10 bits per heavy atom. The smallest absolute Gasteiger partial charge is 0.306 e. The van der Waals surface area contributed by atoms with Crippen LogP contribution < -0.4 is 0 Å². The Morgan fingerprint density at radius 3 is 1.55 bits per heavy atom. The second kappa shape index (κ2) is 13.5. The second-order valence-electron chi connectivity index (χ2n) is 13.0. The summed E-state index contributed by atoms with van der Waals surface area (Å²) in [6.07, 6.45) is 30.2. The standard InChI is InChI=1S/C35H48O7/c1-2-3-4-5-6-7-8-9-10-11-12-13-31(38)39-30-26-34(24-22-32(40-34)18-14-28(36)15-19-32)42-35(27-30)25-23-33(41-35)20-16-29(37)17-21-33/h14-21,30H,2-13,22-27H2,1H3/t30?,34-,35?/m0/s1. The first-order valence-electron chi connectivity index (χ1n) is 16.4. The highest BCUT2D eigenvalue weighted by atomic mass is 16.8. The van der Waals surface area contributed by atoms with Crippen LogP contribution in [0.4, 0.5) is 0 Å². The predicted molar refractivity (Wildman–Crippen MR) is 159 cm³/mol. The van der Waals surface area contributed by atoms with E-state index in [2.05, 4.69) is 6.92 Å². The Labute approximate surface area is 250 Å². The molecule has 0 bridgehead atoms. The van der Waals surface area contributed by atoms with E-state index in [-0.39, 0.29) is 17.5 Å². The summed E-state index contributed by atoms with van der Waals surface area (Å²) in [6, 6.07) is 0. The molecule has 0 aromatic rings. The lowest BCUT2D eigenvalue weighted by atomic mass is 9.89. The molecule has 3 atom stereocenters. The van der Waals surface area contributed by atoms with Crippen LogP contribution in [0.5, 0.6) is 0 Å². The Balaban J connectivity index is 1.15. The largest absolute Gasteiger partial charge is 0.462 e. The lowest BCUT2D eigenvalue weighted by Gasteiger charge is -2.48. The van der Waals surface area contributed by atoms with Crippen LogP contribution in [0.3, 0.4) is 0 Å². The first-order valence-corrected chi connectivity index (χ1v) is 16.4. The molecule has 42 heavy (non-hydrogen) atoms. The molecule has 4 spiro atoms. The van der Waals surface area contributed by atoms with E-state index in [1.165, 1.54) is 51.4 Å². The molecular formula is C35H48O7. The highest BCUT2D eigenvalue weighted by Gasteiger charge is 2.61. The van der Waals surface area contributed by atoms with Crippen molar-refractivity contribution in [1.82, 2.24) is 0 Å². The van der Waals surface area contributed by atoms with Gasteiger partial charge in [0, 0.05) is 32.1 Å². The lowest BCUT2D eigenvalue weighted by Crippen LogP contribution is -2.55. The minimum Gasteiger partial charge on any atom is -0.462 e. The average Bonchev–Trinajstić information content (AvgIpc) is 3.47. The van der Waals surface area contributed by atoms with Gasteiger partial charge in [-0.1, -0.05) is 71.1 Å². The van der Waals surface area contributed by atoms with Crippen molar-refractivity contribution >= 4 is 17.5 Å². The zero-order valence-corrected chi connectivity index (χ0v) is 25.3. The van der Waals surface area contributed by atoms with Crippen molar-refractivity contribution in [2.24, 2.45) is 0 Å². The summed E-state index contributed by atoms with van der Waals surface area (Å²) >= 11 is 0. The van der Waals surface area contributed by atoms with Crippen LogP contribution >= 0.6 is 0 Å². The summed E-state index contributed by atoms with van der Waals surface area (Å²) in [5, 5.41) is 0. The van der Waals surface area contributed by atoms with Crippen molar-refractivity contribution in [3.8, 4) is 0 Å². The molecule has 0 amide bonds. The molecule has 3 saturated heterocycles. The minimum atomic E-state index is -1.00. The molecular weight excluding hydrogens is 532 g/mol. The molecule has 230 valence electrons. The quantitative estimate of drug-likeness (QED) is 0.167. The minimum absolute atomic E-state index is 0.0630. The maximum absolute atomic E-state index is 13.0. The number of hydrogen-bond acceptors (Lipinski definition) is 7. The fourth-order valence-corrected chi connectivity index (χ4v) is 7.13. The summed E-state index contributed by atoms with van der Waals surface area (Å²) < 4.78 is 26.1. The Hall–Kier alpha value is -2.35. The number of hydrogen-bond donors (Lipinski definition) is 0. The zero-order chi connectivity index (χ0) is 29.5. The van der Waals surface area contributed by atoms with E-state index in [4.69, 9.17) is 18.9 Å². The topological polar surface area (TPSA) is 88.1 Å². The highest BCUT2D eigenvalue weighted by molar-refractivity contribution is 6.01. The summed E-state index contributed by atoms with van der Waals surface area (Å²) in [7, 11) is 0. The van der Waals surface area contributed by atoms with Crippen molar-refractivity contribution in [3.63, 3.8) is 0 Å². The molecule has 2 unspecified atom stereocenters. The van der Waals surface area contributed by atoms with E-state index in [0.29, 0.717) is 44.9 Å². The summed E-state index contributed by atoms with van der Waals surface area (Å²) in [5.74, 6) is -2.32. The van der Waals surface area contributed by atoms with Crippen molar-refractivity contribution < 1.29 is 33.3 Å². The number of carbonyl (C=O) groups is 3. The fraction of sp³-hybridized carbons (Fsp3) is 0.686. The van der Waals surface area contributed by atoms with Gasteiger partial charge >= 0.3 is 5.97 Å². The third-order valence-electron chi connectivity index (χ3n) is 9.40. The van der Waals surface area contributed by atoms with E-state index in [1.54, 1.807) is 48.6 Å². The third kappa shape index (κ3) is 7.78. The molecule has 0 radical (unpaired) electrons. The summed E-state index contributed by atoms with van der Waals surface area (Å²) in [4.78, 5) is 36.5. The van der Waals surface area contributed by atoms with Gasteiger partial charge in [-0.2, -0.15) is 0 Å². The number of rotatable bonds is 13. The van der Waals surface area contributed by atoms with E-state index in [1.807, 2.05) is 0 Å². The Morgan fingerprint density at radius 1 is 0.667 bits per heavy atom. The van der Waals surface area contributed by atoms with Crippen LogP contribution in [-0.4, -0.2) is 46.4 Å². The van der Waals surface area contributed by atoms with Crippen LogP contribution in [0.1, 0.15) is 122 Å². The van der Waals surface area contributed by atoms with Gasteiger partial charge in [-0.3, -0.25) is 14.4 Å². The number of allylic oxidation sites excluding steroid dienone is 4. The van der Waals surface area contributed by atoms with Crippen molar-refractivity contribution in [1.29, 1.82) is 0 Å². The normalized spacial score (nSPS) is 30.5. The molecule has 0 aromatic heterocycles. The van der Waals surface area contributed by atoms with E-state index >= 15 is 0 Å². The highest BCUT2D eigenvalue weighted by Crippen LogP contribution is 2.55. The van der Waals surface area contributed by atoms with Gasteiger partial charge in [-0.05, 0) is 67.9 Å². The second-order valence-corrected chi connectivity index (χ2v) is 13.0. The van der Waals surface area contributed by atoms with Gasteiger partial charge in [0.1, 0.15) is 17.3 Å². The van der Waals surface area contributed by atoms with Crippen LogP contribution in [0.15, 0.2) is 48.6 Å². The van der Waals surface area contributed by atoms with Crippen LogP contribution in [0.2, 0.25) is 0 Å². The summed E-state index contributed by atoms with van der Waals surface area (Å²) in [6.45, 7) is 2.25. The number of esters is 1. The molecule has 3 heterocycles.